The van der Waals surface area contributed by atoms with Gasteiger partial charge in [-0.3, -0.25) is 4.79 Å². The summed E-state index contributed by atoms with van der Waals surface area (Å²) in [6.07, 6.45) is 0.0556. The van der Waals surface area contributed by atoms with Crippen molar-refractivity contribution in [1.29, 1.82) is 0 Å². The number of carbonyl (C=O) groups is 2. The molecule has 1 heterocycles. The summed E-state index contributed by atoms with van der Waals surface area (Å²) in [6, 6.07) is 5.36. The van der Waals surface area contributed by atoms with Crippen LogP contribution >= 0.6 is 23.2 Å². The molecule has 0 bridgehead atoms. The Labute approximate surface area is 143 Å². The molecule has 1 aromatic heterocycles. The van der Waals surface area contributed by atoms with Gasteiger partial charge in [0.1, 0.15) is 11.8 Å². The quantitative estimate of drug-likeness (QED) is 0.858. The molecule has 122 valence electrons. The molecule has 2 aromatic rings. The molecular weight excluding hydrogens is 341 g/mol. The van der Waals surface area contributed by atoms with Crippen molar-refractivity contribution >= 4 is 35.1 Å². The fraction of sp³-hybridized carbons (Fsp3) is 0.250. The predicted molar refractivity (Wildman–Crippen MR) is 87.2 cm³/mol. The Morgan fingerprint density at radius 2 is 1.78 bits per heavy atom. The number of carbonyl (C=O) groups excluding carboxylic acids is 1. The normalized spacial score (nSPS) is 12.0. The first-order valence-corrected chi connectivity index (χ1v) is 7.57. The van der Waals surface area contributed by atoms with E-state index in [4.69, 9.17) is 27.6 Å². The number of amides is 1. The summed E-state index contributed by atoms with van der Waals surface area (Å²) < 4.78 is 5.30. The summed E-state index contributed by atoms with van der Waals surface area (Å²) in [5, 5.41) is 12.6. The zero-order valence-corrected chi connectivity index (χ0v) is 14.0. The second-order valence-electron chi connectivity index (χ2n) is 5.22. The molecule has 7 heteroatoms. The van der Waals surface area contributed by atoms with E-state index in [1.54, 1.807) is 38.1 Å². The highest BCUT2D eigenvalue weighted by atomic mass is 35.5. The van der Waals surface area contributed by atoms with E-state index in [0.717, 1.165) is 0 Å². The van der Waals surface area contributed by atoms with Gasteiger partial charge in [-0.1, -0.05) is 23.2 Å². The minimum atomic E-state index is -1.16. The molecule has 2 N–H and O–H groups in total. The molecule has 0 aliphatic heterocycles. The van der Waals surface area contributed by atoms with Gasteiger partial charge in [-0.25, -0.2) is 4.79 Å². The number of nitrogens with one attached hydrogen (secondary N) is 1. The first-order valence-electron chi connectivity index (χ1n) is 6.82. The standard InChI is InChI=1S/C16H15Cl2NO4/c1-8-3-9(2)23-14(8)15(20)19-13(16(21)22)6-10-4-11(17)7-12(18)5-10/h3-5,7,13H,6H2,1-2H3,(H,19,20)(H,21,22). The van der Waals surface area contributed by atoms with Gasteiger partial charge < -0.3 is 14.8 Å². The average Bonchev–Trinajstić information content (AvgIpc) is 2.75. The van der Waals surface area contributed by atoms with E-state index in [0.29, 0.717) is 26.9 Å². The minimum Gasteiger partial charge on any atom is -0.480 e. The molecule has 1 atom stereocenters. The molecule has 0 saturated carbocycles. The third-order valence-electron chi connectivity index (χ3n) is 3.21. The molecule has 23 heavy (non-hydrogen) atoms. The summed E-state index contributed by atoms with van der Waals surface area (Å²) in [6.45, 7) is 3.43. The van der Waals surface area contributed by atoms with Gasteiger partial charge in [-0.05, 0) is 43.7 Å². The first kappa shape index (κ1) is 17.4. The fourth-order valence-electron chi connectivity index (χ4n) is 2.26. The largest absolute Gasteiger partial charge is 0.480 e. The Bertz CT molecular complexity index is 734. The van der Waals surface area contributed by atoms with Crippen molar-refractivity contribution in [1.82, 2.24) is 5.32 Å². The Morgan fingerprint density at radius 3 is 2.26 bits per heavy atom. The van der Waals surface area contributed by atoms with E-state index < -0.39 is 17.9 Å². The van der Waals surface area contributed by atoms with Crippen molar-refractivity contribution < 1.29 is 19.1 Å². The number of carboxylic acid groups (broad SMARTS) is 1. The van der Waals surface area contributed by atoms with Crippen LogP contribution in [0.3, 0.4) is 0 Å². The molecule has 1 unspecified atom stereocenters. The molecule has 0 aliphatic rings. The number of hydrogen-bond acceptors (Lipinski definition) is 3. The third-order valence-corrected chi connectivity index (χ3v) is 3.65. The van der Waals surface area contributed by atoms with E-state index in [2.05, 4.69) is 5.32 Å². The monoisotopic (exact) mass is 355 g/mol. The molecule has 5 nitrogen and oxygen atoms in total. The van der Waals surface area contributed by atoms with Crippen LogP contribution in [-0.4, -0.2) is 23.0 Å². The highest BCUT2D eigenvalue weighted by molar-refractivity contribution is 6.34. The maximum Gasteiger partial charge on any atom is 0.326 e. The summed E-state index contributed by atoms with van der Waals surface area (Å²) in [5.41, 5.74) is 1.26. The maximum atomic E-state index is 12.2. The lowest BCUT2D eigenvalue weighted by atomic mass is 10.1. The lowest BCUT2D eigenvalue weighted by Gasteiger charge is -2.14. The summed E-state index contributed by atoms with van der Waals surface area (Å²) in [4.78, 5) is 23.6. The van der Waals surface area contributed by atoms with Crippen LogP contribution in [-0.2, 0) is 11.2 Å². The van der Waals surface area contributed by atoms with Gasteiger partial charge >= 0.3 is 5.97 Å². The van der Waals surface area contributed by atoms with Gasteiger partial charge in [-0.2, -0.15) is 0 Å². The highest BCUT2D eigenvalue weighted by Gasteiger charge is 2.24. The van der Waals surface area contributed by atoms with Gasteiger partial charge in [0, 0.05) is 22.0 Å². The average molecular weight is 356 g/mol. The molecule has 0 spiro atoms. The molecule has 0 saturated heterocycles. The van der Waals surface area contributed by atoms with E-state index in [-0.39, 0.29) is 12.2 Å². The number of hydrogen-bond donors (Lipinski definition) is 2. The van der Waals surface area contributed by atoms with Gasteiger partial charge in [-0.15, -0.1) is 0 Å². The number of benzene rings is 1. The second kappa shape index (κ2) is 7.06. The zero-order valence-electron chi connectivity index (χ0n) is 12.5. The lowest BCUT2D eigenvalue weighted by molar-refractivity contribution is -0.139. The zero-order chi connectivity index (χ0) is 17.1. The second-order valence-corrected chi connectivity index (χ2v) is 6.09. The Hall–Kier alpha value is -1.98. The van der Waals surface area contributed by atoms with E-state index in [1.807, 2.05) is 0 Å². The van der Waals surface area contributed by atoms with Crippen molar-refractivity contribution in [3.8, 4) is 0 Å². The van der Waals surface area contributed by atoms with Gasteiger partial charge in [0.15, 0.2) is 5.76 Å². The maximum absolute atomic E-state index is 12.2. The van der Waals surface area contributed by atoms with Crippen molar-refractivity contribution in [3.63, 3.8) is 0 Å². The van der Waals surface area contributed by atoms with Crippen molar-refractivity contribution in [3.05, 3.63) is 57.0 Å². The predicted octanol–water partition coefficient (Wildman–Crippen LogP) is 3.63. The minimum absolute atomic E-state index is 0.0556. The van der Waals surface area contributed by atoms with E-state index >= 15 is 0 Å². The fourth-order valence-corrected chi connectivity index (χ4v) is 2.83. The number of aryl methyl sites for hydroxylation is 2. The number of carboxylic acids is 1. The van der Waals surface area contributed by atoms with Gasteiger partial charge in [0.25, 0.3) is 5.91 Å². The van der Waals surface area contributed by atoms with Gasteiger partial charge in [0.2, 0.25) is 0 Å². The van der Waals surface area contributed by atoms with Gasteiger partial charge in [0.05, 0.1) is 0 Å². The third kappa shape index (κ3) is 4.50. The van der Waals surface area contributed by atoms with Crippen LogP contribution in [0.1, 0.15) is 27.4 Å². The summed E-state index contributed by atoms with van der Waals surface area (Å²) in [7, 11) is 0. The van der Waals surface area contributed by atoms with Crippen LogP contribution in [0.25, 0.3) is 0 Å². The van der Waals surface area contributed by atoms with E-state index in [9.17, 15) is 14.7 Å². The van der Waals surface area contributed by atoms with Crippen LogP contribution in [0.15, 0.2) is 28.7 Å². The molecule has 0 fully saturated rings. The van der Waals surface area contributed by atoms with Crippen molar-refractivity contribution in [2.24, 2.45) is 0 Å². The van der Waals surface area contributed by atoms with Crippen molar-refractivity contribution in [2.75, 3.05) is 0 Å². The Balaban J connectivity index is 2.17. The topological polar surface area (TPSA) is 79.5 Å². The van der Waals surface area contributed by atoms with Crippen molar-refractivity contribution in [2.45, 2.75) is 26.3 Å². The molecule has 1 amide bonds. The summed E-state index contributed by atoms with van der Waals surface area (Å²) in [5.74, 6) is -1.04. The van der Waals surface area contributed by atoms with Crippen LogP contribution in [0.2, 0.25) is 10.0 Å². The van der Waals surface area contributed by atoms with Crippen LogP contribution in [0, 0.1) is 13.8 Å². The Kier molecular flexibility index (Phi) is 5.34. The molecule has 0 radical (unpaired) electrons. The molecule has 0 aliphatic carbocycles. The van der Waals surface area contributed by atoms with Crippen LogP contribution in [0.4, 0.5) is 0 Å². The number of aliphatic carboxylic acids is 1. The number of rotatable bonds is 5. The number of halogens is 2. The smallest absolute Gasteiger partial charge is 0.326 e. The lowest BCUT2D eigenvalue weighted by Crippen LogP contribution is -2.42. The molecule has 1 aromatic carbocycles. The van der Waals surface area contributed by atoms with Crippen LogP contribution < -0.4 is 5.32 Å². The molecule has 2 rings (SSSR count). The van der Waals surface area contributed by atoms with E-state index in [1.165, 1.54) is 0 Å². The van der Waals surface area contributed by atoms with Crippen LogP contribution in [0.5, 0.6) is 0 Å². The first-order chi connectivity index (χ1) is 10.8. The highest BCUT2D eigenvalue weighted by Crippen LogP contribution is 2.20. The summed E-state index contributed by atoms with van der Waals surface area (Å²) >= 11 is 11.8. The number of furan rings is 1. The molecular formula is C16H15Cl2NO4. The SMILES string of the molecule is Cc1cc(C)c(C(=O)NC(Cc2cc(Cl)cc(Cl)c2)C(=O)O)o1. The Morgan fingerprint density at radius 1 is 1.17 bits per heavy atom.